The standard InChI is InChI=1S/C22H27ClN2O3/c1-4-21(26)25(15-18-5-9-19(23)10-6-18)16(2)22(27)24-14-13-17-7-11-20(28-3)12-8-17/h5-12,16H,4,13-15H2,1-3H3,(H,24,27). The summed E-state index contributed by atoms with van der Waals surface area (Å²) in [5.41, 5.74) is 2.04. The second-order valence-corrected chi connectivity index (χ2v) is 7.00. The van der Waals surface area contributed by atoms with E-state index in [9.17, 15) is 9.59 Å². The smallest absolute Gasteiger partial charge is 0.242 e. The summed E-state index contributed by atoms with van der Waals surface area (Å²) in [7, 11) is 1.63. The molecule has 2 aromatic carbocycles. The van der Waals surface area contributed by atoms with Crippen LogP contribution in [0.2, 0.25) is 5.02 Å². The predicted octanol–water partition coefficient (Wildman–Crippen LogP) is 3.83. The van der Waals surface area contributed by atoms with Gasteiger partial charge in [-0.15, -0.1) is 0 Å². The van der Waals surface area contributed by atoms with Crippen LogP contribution in [0.15, 0.2) is 48.5 Å². The molecule has 0 radical (unpaired) electrons. The molecular weight excluding hydrogens is 376 g/mol. The molecule has 2 rings (SSSR count). The molecule has 0 aliphatic heterocycles. The van der Waals surface area contributed by atoms with Crippen molar-refractivity contribution >= 4 is 23.4 Å². The van der Waals surface area contributed by atoms with Crippen molar-refractivity contribution in [1.29, 1.82) is 0 Å². The molecule has 0 aliphatic rings. The van der Waals surface area contributed by atoms with E-state index in [0.29, 0.717) is 31.0 Å². The second kappa shape index (κ2) is 10.7. The molecule has 0 saturated carbocycles. The lowest BCUT2D eigenvalue weighted by atomic mass is 10.1. The van der Waals surface area contributed by atoms with E-state index in [-0.39, 0.29) is 11.8 Å². The molecule has 1 N–H and O–H groups in total. The number of nitrogens with zero attached hydrogens (tertiary/aromatic N) is 1. The van der Waals surface area contributed by atoms with Gasteiger partial charge in [0.15, 0.2) is 0 Å². The van der Waals surface area contributed by atoms with E-state index < -0.39 is 6.04 Å². The fourth-order valence-corrected chi connectivity index (χ4v) is 2.97. The third-order valence-electron chi connectivity index (χ3n) is 4.61. The number of halogens is 1. The van der Waals surface area contributed by atoms with Crippen molar-refractivity contribution in [3.63, 3.8) is 0 Å². The average molecular weight is 403 g/mol. The fourth-order valence-electron chi connectivity index (χ4n) is 2.84. The number of hydrogen-bond donors (Lipinski definition) is 1. The van der Waals surface area contributed by atoms with Crippen molar-refractivity contribution in [3.05, 3.63) is 64.7 Å². The summed E-state index contributed by atoms with van der Waals surface area (Å²) < 4.78 is 5.14. The van der Waals surface area contributed by atoms with Gasteiger partial charge in [-0.3, -0.25) is 9.59 Å². The Bertz CT molecular complexity index is 775. The van der Waals surface area contributed by atoms with E-state index in [0.717, 1.165) is 16.9 Å². The Morgan fingerprint density at radius 1 is 1.07 bits per heavy atom. The first-order chi connectivity index (χ1) is 13.4. The number of carbonyl (C=O) groups excluding carboxylic acids is 2. The van der Waals surface area contributed by atoms with Gasteiger partial charge in [-0.25, -0.2) is 0 Å². The molecule has 2 amide bonds. The minimum absolute atomic E-state index is 0.0623. The molecule has 1 atom stereocenters. The zero-order chi connectivity index (χ0) is 20.5. The molecule has 0 spiro atoms. The van der Waals surface area contributed by atoms with Crippen molar-refractivity contribution in [1.82, 2.24) is 10.2 Å². The molecule has 150 valence electrons. The Labute approximate surface area is 171 Å². The molecule has 6 heteroatoms. The molecule has 2 aromatic rings. The number of nitrogens with one attached hydrogen (secondary N) is 1. The highest BCUT2D eigenvalue weighted by Crippen LogP contribution is 2.15. The molecular formula is C22H27ClN2O3. The lowest BCUT2D eigenvalue weighted by Gasteiger charge is -2.28. The number of carbonyl (C=O) groups is 2. The van der Waals surface area contributed by atoms with Gasteiger partial charge in [0.25, 0.3) is 0 Å². The van der Waals surface area contributed by atoms with Crippen LogP contribution in [-0.2, 0) is 22.6 Å². The molecule has 0 saturated heterocycles. The van der Waals surface area contributed by atoms with Gasteiger partial charge in [-0.2, -0.15) is 0 Å². The van der Waals surface area contributed by atoms with Crippen LogP contribution in [0.3, 0.4) is 0 Å². The SMILES string of the molecule is CCC(=O)N(Cc1ccc(Cl)cc1)C(C)C(=O)NCCc1ccc(OC)cc1. The van der Waals surface area contributed by atoms with Gasteiger partial charge in [0, 0.05) is 24.5 Å². The van der Waals surface area contributed by atoms with E-state index in [4.69, 9.17) is 16.3 Å². The highest BCUT2D eigenvalue weighted by molar-refractivity contribution is 6.30. The number of methoxy groups -OCH3 is 1. The summed E-state index contributed by atoms with van der Waals surface area (Å²) in [6.45, 7) is 4.43. The van der Waals surface area contributed by atoms with Crippen LogP contribution < -0.4 is 10.1 Å². The molecule has 0 aliphatic carbocycles. The van der Waals surface area contributed by atoms with Gasteiger partial charge in [0.2, 0.25) is 11.8 Å². The third kappa shape index (κ3) is 6.27. The monoisotopic (exact) mass is 402 g/mol. The van der Waals surface area contributed by atoms with Crippen LogP contribution in [0, 0.1) is 0 Å². The van der Waals surface area contributed by atoms with Crippen molar-refractivity contribution in [2.75, 3.05) is 13.7 Å². The number of amides is 2. The van der Waals surface area contributed by atoms with E-state index in [1.54, 1.807) is 38.0 Å². The predicted molar refractivity (Wildman–Crippen MR) is 111 cm³/mol. The summed E-state index contributed by atoms with van der Waals surface area (Å²) in [6, 6.07) is 14.5. The number of rotatable bonds is 9. The lowest BCUT2D eigenvalue weighted by molar-refractivity contribution is -0.140. The summed E-state index contributed by atoms with van der Waals surface area (Å²) in [6.07, 6.45) is 1.05. The molecule has 28 heavy (non-hydrogen) atoms. The molecule has 0 fully saturated rings. The maximum atomic E-state index is 12.6. The number of benzene rings is 2. The minimum Gasteiger partial charge on any atom is -0.497 e. The Hall–Kier alpha value is -2.53. The van der Waals surface area contributed by atoms with Crippen LogP contribution >= 0.6 is 11.6 Å². The normalized spacial score (nSPS) is 11.6. The van der Waals surface area contributed by atoms with Gasteiger partial charge in [0.1, 0.15) is 11.8 Å². The summed E-state index contributed by atoms with van der Waals surface area (Å²) in [5, 5.41) is 3.57. The quantitative estimate of drug-likeness (QED) is 0.693. The summed E-state index contributed by atoms with van der Waals surface area (Å²) in [5.74, 6) is 0.578. The van der Waals surface area contributed by atoms with Crippen molar-refractivity contribution < 1.29 is 14.3 Å². The highest BCUT2D eigenvalue weighted by Gasteiger charge is 2.24. The average Bonchev–Trinajstić information content (AvgIpc) is 2.72. The largest absolute Gasteiger partial charge is 0.497 e. The van der Waals surface area contributed by atoms with Crippen LogP contribution in [0.4, 0.5) is 0 Å². The molecule has 1 unspecified atom stereocenters. The summed E-state index contributed by atoms with van der Waals surface area (Å²) >= 11 is 5.92. The van der Waals surface area contributed by atoms with Gasteiger partial charge in [-0.05, 0) is 48.7 Å². The van der Waals surface area contributed by atoms with Crippen LogP contribution in [0.5, 0.6) is 5.75 Å². The van der Waals surface area contributed by atoms with E-state index >= 15 is 0 Å². The molecule has 5 nitrogen and oxygen atoms in total. The number of ether oxygens (including phenoxy) is 1. The molecule has 0 aromatic heterocycles. The first-order valence-electron chi connectivity index (χ1n) is 9.39. The van der Waals surface area contributed by atoms with E-state index in [1.807, 2.05) is 36.4 Å². The van der Waals surface area contributed by atoms with Gasteiger partial charge < -0.3 is 15.0 Å². The molecule has 0 bridgehead atoms. The van der Waals surface area contributed by atoms with E-state index in [1.165, 1.54) is 0 Å². The van der Waals surface area contributed by atoms with Crippen LogP contribution in [-0.4, -0.2) is 36.4 Å². The maximum absolute atomic E-state index is 12.6. The van der Waals surface area contributed by atoms with Crippen molar-refractivity contribution in [2.24, 2.45) is 0 Å². The first-order valence-corrected chi connectivity index (χ1v) is 9.77. The van der Waals surface area contributed by atoms with E-state index in [2.05, 4.69) is 5.32 Å². The Balaban J connectivity index is 1.93. The van der Waals surface area contributed by atoms with Crippen molar-refractivity contribution in [2.45, 2.75) is 39.3 Å². The third-order valence-corrected chi connectivity index (χ3v) is 4.86. The zero-order valence-electron chi connectivity index (χ0n) is 16.6. The second-order valence-electron chi connectivity index (χ2n) is 6.57. The maximum Gasteiger partial charge on any atom is 0.242 e. The zero-order valence-corrected chi connectivity index (χ0v) is 17.3. The summed E-state index contributed by atoms with van der Waals surface area (Å²) in [4.78, 5) is 26.6. The Kier molecular flexibility index (Phi) is 8.33. The molecule has 0 heterocycles. The number of hydrogen-bond acceptors (Lipinski definition) is 3. The van der Waals surface area contributed by atoms with Crippen LogP contribution in [0.1, 0.15) is 31.4 Å². The van der Waals surface area contributed by atoms with Crippen LogP contribution in [0.25, 0.3) is 0 Å². The first kappa shape index (κ1) is 21.8. The van der Waals surface area contributed by atoms with Crippen molar-refractivity contribution in [3.8, 4) is 5.75 Å². The van der Waals surface area contributed by atoms with Gasteiger partial charge >= 0.3 is 0 Å². The van der Waals surface area contributed by atoms with Gasteiger partial charge in [-0.1, -0.05) is 42.8 Å². The Morgan fingerprint density at radius 2 is 1.68 bits per heavy atom. The fraction of sp³-hybridized carbons (Fsp3) is 0.364. The van der Waals surface area contributed by atoms with Gasteiger partial charge in [0.05, 0.1) is 7.11 Å². The topological polar surface area (TPSA) is 58.6 Å². The minimum atomic E-state index is -0.556. The Morgan fingerprint density at radius 3 is 2.25 bits per heavy atom. The highest BCUT2D eigenvalue weighted by atomic mass is 35.5. The lowest BCUT2D eigenvalue weighted by Crippen LogP contribution is -2.47.